The smallest absolute Gasteiger partial charge is 0.244 e. The molecule has 2 N–H and O–H groups in total. The molecule has 1 heterocycles. The fourth-order valence-electron chi connectivity index (χ4n) is 3.45. The Morgan fingerprint density at radius 1 is 1.23 bits per heavy atom. The molecule has 2 aromatic rings. The summed E-state index contributed by atoms with van der Waals surface area (Å²) in [5.74, 6) is 0.377. The van der Waals surface area contributed by atoms with E-state index in [0.29, 0.717) is 17.9 Å². The summed E-state index contributed by atoms with van der Waals surface area (Å²) < 4.78 is 33.8. The molecule has 2 aromatic carbocycles. The normalized spacial score (nSPS) is 16.5. The Morgan fingerprint density at radius 2 is 1.96 bits per heavy atom. The van der Waals surface area contributed by atoms with Crippen LogP contribution in [-0.4, -0.2) is 28.6 Å². The Hall–Kier alpha value is -1.60. The average molecular weight is 397 g/mol. The number of benzene rings is 2. The molecular formula is C19H25ClN2O3S. The van der Waals surface area contributed by atoms with E-state index in [4.69, 9.17) is 4.74 Å². The van der Waals surface area contributed by atoms with Crippen LogP contribution in [0.15, 0.2) is 41.3 Å². The van der Waals surface area contributed by atoms with Gasteiger partial charge in [-0.1, -0.05) is 30.3 Å². The Kier molecular flexibility index (Phi) is 6.69. The van der Waals surface area contributed by atoms with Crippen LogP contribution in [0, 0.1) is 13.8 Å². The number of sulfonamides is 1. The SMILES string of the molecule is COc1cc(C)cc(C)c1S(=O)(=O)NCC1NCCc2ccccc21.Cl. The van der Waals surface area contributed by atoms with E-state index in [2.05, 4.69) is 22.2 Å². The molecule has 0 aromatic heterocycles. The number of hydrogen-bond acceptors (Lipinski definition) is 4. The van der Waals surface area contributed by atoms with Gasteiger partial charge < -0.3 is 10.1 Å². The summed E-state index contributed by atoms with van der Waals surface area (Å²) >= 11 is 0. The van der Waals surface area contributed by atoms with Crippen LogP contribution in [0.5, 0.6) is 5.75 Å². The lowest BCUT2D eigenvalue weighted by Gasteiger charge is -2.27. The highest BCUT2D eigenvalue weighted by molar-refractivity contribution is 7.89. The van der Waals surface area contributed by atoms with Crippen LogP contribution in [0.3, 0.4) is 0 Å². The molecule has 0 fully saturated rings. The molecule has 1 atom stereocenters. The molecule has 7 heteroatoms. The van der Waals surface area contributed by atoms with Gasteiger partial charge in [0.25, 0.3) is 0 Å². The molecule has 1 aliphatic heterocycles. The van der Waals surface area contributed by atoms with Crippen molar-refractivity contribution in [1.82, 2.24) is 10.0 Å². The minimum atomic E-state index is -3.67. The molecule has 1 unspecified atom stereocenters. The lowest BCUT2D eigenvalue weighted by molar-refractivity contribution is 0.401. The van der Waals surface area contributed by atoms with Gasteiger partial charge in [-0.2, -0.15) is 0 Å². The predicted octanol–water partition coefficient (Wildman–Crippen LogP) is 2.90. The van der Waals surface area contributed by atoms with Gasteiger partial charge in [0.1, 0.15) is 10.6 Å². The predicted molar refractivity (Wildman–Crippen MR) is 106 cm³/mol. The minimum Gasteiger partial charge on any atom is -0.495 e. The van der Waals surface area contributed by atoms with Crippen LogP contribution < -0.4 is 14.8 Å². The van der Waals surface area contributed by atoms with Crippen molar-refractivity contribution in [2.45, 2.75) is 31.2 Å². The Labute approximate surface area is 161 Å². The lowest BCUT2D eigenvalue weighted by atomic mass is 9.95. The van der Waals surface area contributed by atoms with Crippen molar-refractivity contribution >= 4 is 22.4 Å². The van der Waals surface area contributed by atoms with Crippen LogP contribution in [0.1, 0.15) is 28.3 Å². The highest BCUT2D eigenvalue weighted by Gasteiger charge is 2.25. The summed E-state index contributed by atoms with van der Waals surface area (Å²) in [5.41, 5.74) is 4.08. The van der Waals surface area contributed by atoms with Crippen LogP contribution >= 0.6 is 12.4 Å². The molecular weight excluding hydrogens is 372 g/mol. The van der Waals surface area contributed by atoms with Crippen molar-refractivity contribution in [3.63, 3.8) is 0 Å². The molecule has 3 rings (SSSR count). The molecule has 0 saturated heterocycles. The maximum absolute atomic E-state index is 12.9. The number of rotatable bonds is 5. The highest BCUT2D eigenvalue weighted by Crippen LogP contribution is 2.29. The second-order valence-corrected chi connectivity index (χ2v) is 8.12. The lowest BCUT2D eigenvalue weighted by Crippen LogP contribution is -2.39. The quantitative estimate of drug-likeness (QED) is 0.815. The summed E-state index contributed by atoms with van der Waals surface area (Å²) in [7, 11) is -2.18. The summed E-state index contributed by atoms with van der Waals surface area (Å²) in [5, 5.41) is 3.39. The van der Waals surface area contributed by atoms with E-state index < -0.39 is 10.0 Å². The third kappa shape index (κ3) is 4.20. The van der Waals surface area contributed by atoms with Crippen molar-refractivity contribution in [1.29, 1.82) is 0 Å². The zero-order valence-electron chi connectivity index (χ0n) is 15.2. The van der Waals surface area contributed by atoms with Crippen LogP contribution in [0.2, 0.25) is 0 Å². The number of halogens is 1. The molecule has 0 saturated carbocycles. The van der Waals surface area contributed by atoms with Gasteiger partial charge in [0.15, 0.2) is 0 Å². The maximum atomic E-state index is 12.9. The molecule has 26 heavy (non-hydrogen) atoms. The fourth-order valence-corrected chi connectivity index (χ4v) is 4.87. The van der Waals surface area contributed by atoms with E-state index in [-0.39, 0.29) is 23.3 Å². The standard InChI is InChI=1S/C19H24N2O3S.ClH/c1-13-10-14(2)19(18(11-13)24-3)25(22,23)21-12-17-16-7-5-4-6-15(16)8-9-20-17;/h4-7,10-11,17,20-21H,8-9,12H2,1-3H3;1H. The monoisotopic (exact) mass is 396 g/mol. The van der Waals surface area contributed by atoms with Crippen molar-refractivity contribution in [2.24, 2.45) is 0 Å². The van der Waals surface area contributed by atoms with Gasteiger partial charge in [-0.15, -0.1) is 12.4 Å². The second kappa shape index (κ2) is 8.39. The number of nitrogens with one attached hydrogen (secondary N) is 2. The number of hydrogen-bond donors (Lipinski definition) is 2. The van der Waals surface area contributed by atoms with Gasteiger partial charge in [-0.25, -0.2) is 13.1 Å². The van der Waals surface area contributed by atoms with E-state index in [0.717, 1.165) is 24.1 Å². The van der Waals surface area contributed by atoms with Crippen LogP contribution in [0.4, 0.5) is 0 Å². The van der Waals surface area contributed by atoms with E-state index >= 15 is 0 Å². The fraction of sp³-hybridized carbons (Fsp3) is 0.368. The van der Waals surface area contributed by atoms with Crippen molar-refractivity contribution < 1.29 is 13.2 Å². The summed E-state index contributed by atoms with van der Waals surface area (Å²) in [6.45, 7) is 4.85. The molecule has 0 spiro atoms. The van der Waals surface area contributed by atoms with Gasteiger partial charge in [-0.05, 0) is 55.1 Å². The zero-order valence-corrected chi connectivity index (χ0v) is 16.8. The van der Waals surface area contributed by atoms with E-state index in [1.54, 1.807) is 13.0 Å². The number of fused-ring (bicyclic) bond motifs is 1. The van der Waals surface area contributed by atoms with E-state index in [1.165, 1.54) is 12.7 Å². The van der Waals surface area contributed by atoms with Crippen molar-refractivity contribution in [3.8, 4) is 5.75 Å². The van der Waals surface area contributed by atoms with E-state index in [1.807, 2.05) is 25.1 Å². The number of ether oxygens (including phenoxy) is 1. The van der Waals surface area contributed by atoms with Gasteiger partial charge in [-0.3, -0.25) is 0 Å². The zero-order chi connectivity index (χ0) is 18.0. The summed E-state index contributed by atoms with van der Waals surface area (Å²) in [4.78, 5) is 0.213. The summed E-state index contributed by atoms with van der Waals surface area (Å²) in [6, 6.07) is 11.7. The van der Waals surface area contributed by atoms with Crippen molar-refractivity contribution in [2.75, 3.05) is 20.2 Å². The van der Waals surface area contributed by atoms with Crippen molar-refractivity contribution in [3.05, 3.63) is 58.7 Å². The van der Waals surface area contributed by atoms with Gasteiger partial charge in [0.05, 0.1) is 7.11 Å². The van der Waals surface area contributed by atoms with Gasteiger partial charge in [0, 0.05) is 12.6 Å². The molecule has 0 radical (unpaired) electrons. The van der Waals surface area contributed by atoms with Crippen LogP contribution in [0.25, 0.3) is 0 Å². The first-order chi connectivity index (χ1) is 11.9. The van der Waals surface area contributed by atoms with E-state index in [9.17, 15) is 8.42 Å². The number of aryl methyl sites for hydroxylation is 2. The highest BCUT2D eigenvalue weighted by atomic mass is 35.5. The van der Waals surface area contributed by atoms with Crippen LogP contribution in [-0.2, 0) is 16.4 Å². The Morgan fingerprint density at radius 3 is 2.69 bits per heavy atom. The first kappa shape index (κ1) is 20.7. The second-order valence-electron chi connectivity index (χ2n) is 6.42. The molecule has 5 nitrogen and oxygen atoms in total. The number of methoxy groups -OCH3 is 1. The first-order valence-electron chi connectivity index (χ1n) is 8.38. The van der Waals surface area contributed by atoms with Gasteiger partial charge >= 0.3 is 0 Å². The maximum Gasteiger partial charge on any atom is 0.244 e. The Balaban J connectivity index is 0.00000243. The molecule has 0 bridgehead atoms. The largest absolute Gasteiger partial charge is 0.495 e. The first-order valence-corrected chi connectivity index (χ1v) is 9.87. The third-order valence-electron chi connectivity index (χ3n) is 4.57. The molecule has 0 aliphatic carbocycles. The molecule has 1 aliphatic rings. The van der Waals surface area contributed by atoms with Gasteiger partial charge in [0.2, 0.25) is 10.0 Å². The summed E-state index contributed by atoms with van der Waals surface area (Å²) in [6.07, 6.45) is 0.963. The molecule has 0 amide bonds. The minimum absolute atomic E-state index is 0. The topological polar surface area (TPSA) is 67.4 Å². The molecule has 142 valence electrons. The third-order valence-corrected chi connectivity index (χ3v) is 6.17. The average Bonchev–Trinajstić information content (AvgIpc) is 2.58. The Bertz CT molecular complexity index is 884.